The van der Waals surface area contributed by atoms with Crippen molar-refractivity contribution in [3.63, 3.8) is 0 Å². The molecular weight excluding hydrogens is 1560 g/mol. The Kier molecular flexibility index (Phi) is 30.6. The molecule has 640 valence electrons. The second-order valence-electron chi connectivity index (χ2n) is 31.8. The van der Waals surface area contributed by atoms with Gasteiger partial charge in [0.25, 0.3) is 17.7 Å². The lowest BCUT2D eigenvalue weighted by molar-refractivity contribution is -0.152. The zero-order valence-corrected chi connectivity index (χ0v) is 67.8. The van der Waals surface area contributed by atoms with Gasteiger partial charge in [0.1, 0.15) is 17.5 Å². The largest absolute Gasteiger partial charge is 0.481 e. The molecule has 6 fully saturated rings. The third-order valence-electron chi connectivity index (χ3n) is 23.6. The second-order valence-corrected chi connectivity index (χ2v) is 31.8. The minimum absolute atomic E-state index is 0.0260. The Labute approximate surface area is 693 Å². The molecule has 9 N–H and O–H groups in total. The van der Waals surface area contributed by atoms with E-state index in [9.17, 15) is 78.5 Å². The SMILES string of the molecule is CCOC(=O)[C@H]1CCCN(C(=O)c2c(C)cccc2F)C1c1ccc(NC2CCCC2)cc1.Cc1cccc(F)c1C(=O)N1CCC[C@H](C(=O)Nc2ccc(CO)c(C(F)(F)F)c2)C1c1ccc(NC2CCCC2)cc1.Cc1cccc(F)c1C(=O)N1CCC[C@H](C(=O)O)C1c1ccc(NC2CCCC2)cc1.Nc1ccc(CO)c(C(F)(F)F)c1. The summed E-state index contributed by atoms with van der Waals surface area (Å²) in [5, 5.41) is 41.1. The molecule has 3 unspecified atom stereocenters. The van der Waals surface area contributed by atoms with Gasteiger partial charge in [0.15, 0.2) is 0 Å². The van der Waals surface area contributed by atoms with Gasteiger partial charge in [-0.25, -0.2) is 13.2 Å². The van der Waals surface area contributed by atoms with Crippen LogP contribution in [0.3, 0.4) is 0 Å². The molecule has 3 saturated heterocycles. The van der Waals surface area contributed by atoms with Crippen molar-refractivity contribution in [1.82, 2.24) is 14.7 Å². The molecule has 18 nitrogen and oxygen atoms in total. The average Bonchev–Trinajstić information content (AvgIpc) is 0.869. The highest BCUT2D eigenvalue weighted by molar-refractivity contribution is 5.99. The molecule has 6 atom stereocenters. The molecule has 3 aliphatic heterocycles. The van der Waals surface area contributed by atoms with Gasteiger partial charge in [-0.3, -0.25) is 28.8 Å². The van der Waals surface area contributed by atoms with Gasteiger partial charge in [0, 0.05) is 66.2 Å². The first kappa shape index (κ1) is 89.8. The minimum Gasteiger partial charge on any atom is -0.481 e. The predicted molar refractivity (Wildman–Crippen MR) is 442 cm³/mol. The number of benzene rings is 8. The summed E-state index contributed by atoms with van der Waals surface area (Å²) in [5.74, 6) is -6.94. The van der Waals surface area contributed by atoms with Crippen LogP contribution in [-0.2, 0) is 44.7 Å². The Morgan fingerprint density at radius 1 is 0.425 bits per heavy atom. The number of aryl methyl sites for hydroxylation is 3. The molecular formula is C93H105F9N8O10. The number of hydrogen-bond acceptors (Lipinski definition) is 13. The maximum absolute atomic E-state index is 14.9. The number of aliphatic carboxylic acids is 1. The van der Waals surface area contributed by atoms with Gasteiger partial charge in [-0.15, -0.1) is 0 Å². The number of likely N-dealkylation sites (tertiary alicyclic amines) is 3. The number of amides is 4. The maximum atomic E-state index is 14.9. The number of ether oxygens (including phenoxy) is 1. The molecule has 3 saturated carbocycles. The Hall–Kier alpha value is -10.9. The van der Waals surface area contributed by atoms with E-state index in [-0.39, 0.29) is 64.2 Å². The van der Waals surface area contributed by atoms with Crippen LogP contribution in [0, 0.1) is 56.0 Å². The van der Waals surface area contributed by atoms with E-state index in [2.05, 4.69) is 21.3 Å². The number of aliphatic hydroxyl groups is 2. The number of aliphatic hydroxyl groups excluding tert-OH is 2. The van der Waals surface area contributed by atoms with E-state index < -0.39 is 114 Å². The van der Waals surface area contributed by atoms with Gasteiger partial charge in [0.05, 0.1) is 83.5 Å². The van der Waals surface area contributed by atoms with E-state index in [0.29, 0.717) is 92.0 Å². The zero-order chi connectivity index (χ0) is 86.1. The first-order chi connectivity index (χ1) is 57.5. The minimum atomic E-state index is -4.72. The van der Waals surface area contributed by atoms with Gasteiger partial charge in [0.2, 0.25) is 5.91 Å². The van der Waals surface area contributed by atoms with E-state index in [4.69, 9.17) is 15.6 Å². The van der Waals surface area contributed by atoms with Crippen LogP contribution in [0.4, 0.5) is 68.0 Å². The topological polar surface area (TPSA) is 256 Å². The number of nitrogens with one attached hydrogen (secondary N) is 4. The molecule has 4 amide bonds. The summed E-state index contributed by atoms with van der Waals surface area (Å²) in [6, 6.07) is 42.8. The zero-order valence-electron chi connectivity index (χ0n) is 67.8. The van der Waals surface area contributed by atoms with Crippen LogP contribution < -0.4 is 27.0 Å². The van der Waals surface area contributed by atoms with Crippen LogP contribution in [0.2, 0.25) is 0 Å². The van der Waals surface area contributed by atoms with Crippen LogP contribution in [0.1, 0.15) is 227 Å². The predicted octanol–water partition coefficient (Wildman–Crippen LogP) is 19.8. The highest BCUT2D eigenvalue weighted by Gasteiger charge is 2.45. The number of anilines is 5. The fraction of sp³-hybridized carbons (Fsp3) is 0.419. The van der Waals surface area contributed by atoms with Gasteiger partial charge in [-0.05, 0) is 228 Å². The first-order valence-electron chi connectivity index (χ1n) is 41.3. The molecule has 0 radical (unpaired) electrons. The number of carbonyl (C=O) groups is 6. The Bertz CT molecular complexity index is 4800. The van der Waals surface area contributed by atoms with Crippen molar-refractivity contribution < 1.29 is 88.3 Å². The lowest BCUT2D eigenvalue weighted by Gasteiger charge is -2.41. The number of nitrogen functional groups attached to an aromatic ring is 1. The summed E-state index contributed by atoms with van der Waals surface area (Å²) in [6.07, 6.45) is 8.21. The van der Waals surface area contributed by atoms with Gasteiger partial charge in [-0.2, -0.15) is 26.3 Å². The highest BCUT2D eigenvalue weighted by Crippen LogP contribution is 2.44. The normalized spacial score (nSPS) is 19.6. The number of nitrogens with two attached hydrogens (primary N) is 1. The van der Waals surface area contributed by atoms with Crippen molar-refractivity contribution in [1.29, 1.82) is 0 Å². The molecule has 0 bridgehead atoms. The number of rotatable bonds is 19. The summed E-state index contributed by atoms with van der Waals surface area (Å²) in [6.45, 7) is 6.87. The maximum Gasteiger partial charge on any atom is 0.416 e. The molecule has 27 heteroatoms. The quantitative estimate of drug-likeness (QED) is 0.0213. The fourth-order valence-corrected chi connectivity index (χ4v) is 17.6. The van der Waals surface area contributed by atoms with Gasteiger partial charge < -0.3 is 61.8 Å². The molecule has 14 rings (SSSR count). The fourth-order valence-electron chi connectivity index (χ4n) is 17.6. The Balaban J connectivity index is 0.000000166. The van der Waals surface area contributed by atoms with Crippen molar-refractivity contribution in [2.24, 2.45) is 17.8 Å². The van der Waals surface area contributed by atoms with Crippen LogP contribution in [-0.4, -0.2) is 110 Å². The number of nitrogens with zero attached hydrogens (tertiary/aromatic N) is 3. The molecule has 8 aromatic rings. The molecule has 0 aromatic heterocycles. The number of piperidine rings is 3. The number of hydrogen-bond donors (Lipinski definition) is 8. The third kappa shape index (κ3) is 22.2. The van der Waals surface area contributed by atoms with Gasteiger partial charge in [-0.1, -0.05) is 123 Å². The number of carboxylic acid groups (broad SMARTS) is 1. The standard InChI is InChI=1S/C33H35F4N3O3.C27H33FN2O3.C25H29FN2O3.C8H8F3NO/c1-20-6-4-10-28(34)29(20)32(43)40-17-5-9-26(30(40)21-11-14-24(15-12-21)38-23-7-2-3-8-23)31(42)39-25-16-13-22(19-41)27(18-25)33(35,36)37;1-3-33-27(32)22-11-7-17-30(26(31)24-18(2)8-6-12-23(24)28)25(22)19-13-15-21(16-14-19)29-20-9-4-5-10-20;1-16-6-4-10-21(26)22(16)24(29)28-15-5-9-20(25(30)31)23(28)17-11-13-19(14-12-17)27-18-7-2-3-8-18;9-8(10,11)7-3-6(12)2-1-5(7)4-13/h4,6,10-16,18,23,26,30,38,41H,2-3,5,7-9,17,19H2,1H3,(H,39,42);6,8,12-16,20,22,25,29H,3-5,7,9-11,17H2,1-2H3;4,6,10-14,18,20,23,27H,2-3,5,7-9,15H2,1H3,(H,30,31);1-3,13H,4,12H2/t26-,30?;22-,25?;20-,23?;/m000./s1. The van der Waals surface area contributed by atoms with E-state index >= 15 is 0 Å². The molecule has 3 heterocycles. The average molecular weight is 1670 g/mol. The number of carbonyl (C=O) groups excluding carboxylic acids is 5. The van der Waals surface area contributed by atoms with Crippen LogP contribution in [0.25, 0.3) is 0 Å². The van der Waals surface area contributed by atoms with Crippen LogP contribution in [0.5, 0.6) is 0 Å². The highest BCUT2D eigenvalue weighted by atomic mass is 19.4. The summed E-state index contributed by atoms with van der Waals surface area (Å²) in [5.41, 5.74) is 9.69. The number of alkyl halides is 6. The molecule has 0 spiro atoms. The van der Waals surface area contributed by atoms with E-state index in [1.165, 1.54) is 92.7 Å². The smallest absolute Gasteiger partial charge is 0.416 e. The van der Waals surface area contributed by atoms with Crippen molar-refractivity contribution in [2.45, 2.75) is 205 Å². The van der Waals surface area contributed by atoms with Crippen molar-refractivity contribution in [2.75, 3.05) is 53.2 Å². The Morgan fingerprint density at radius 3 is 1.09 bits per heavy atom. The van der Waals surface area contributed by atoms with Crippen molar-refractivity contribution in [3.8, 4) is 0 Å². The lowest BCUT2D eigenvalue weighted by atomic mass is 9.83. The van der Waals surface area contributed by atoms with Crippen molar-refractivity contribution in [3.05, 3.63) is 254 Å². The number of esters is 1. The van der Waals surface area contributed by atoms with E-state index in [1.807, 2.05) is 72.8 Å². The number of halogens is 9. The summed E-state index contributed by atoms with van der Waals surface area (Å²) in [7, 11) is 0. The third-order valence-corrected chi connectivity index (χ3v) is 23.6. The van der Waals surface area contributed by atoms with Crippen LogP contribution in [0.15, 0.2) is 164 Å². The van der Waals surface area contributed by atoms with Crippen LogP contribution >= 0.6 is 0 Å². The Morgan fingerprint density at radius 2 is 0.750 bits per heavy atom. The van der Waals surface area contributed by atoms with Crippen molar-refractivity contribution >= 4 is 64.0 Å². The van der Waals surface area contributed by atoms with E-state index in [1.54, 1.807) is 67.8 Å². The molecule has 6 aliphatic rings. The summed E-state index contributed by atoms with van der Waals surface area (Å²) >= 11 is 0. The molecule has 120 heavy (non-hydrogen) atoms. The second kappa shape index (κ2) is 40.9. The summed E-state index contributed by atoms with van der Waals surface area (Å²) < 4.78 is 127. The first-order valence-corrected chi connectivity index (χ1v) is 41.3. The lowest BCUT2D eigenvalue weighted by Crippen LogP contribution is -2.46. The molecule has 3 aliphatic carbocycles. The monoisotopic (exact) mass is 1660 g/mol. The summed E-state index contributed by atoms with van der Waals surface area (Å²) in [4.78, 5) is 84.2. The van der Waals surface area contributed by atoms with E-state index in [0.717, 1.165) is 78.1 Å². The molecule has 8 aromatic carbocycles. The van der Waals surface area contributed by atoms with Gasteiger partial charge >= 0.3 is 24.3 Å². The number of carboxylic acids is 1.